The van der Waals surface area contributed by atoms with Crippen LogP contribution in [0.1, 0.15) is 19.0 Å². The molecule has 0 unspecified atom stereocenters. The summed E-state index contributed by atoms with van der Waals surface area (Å²) in [5.74, 6) is -0.161. The monoisotopic (exact) mass is 321 g/mol. The Morgan fingerprint density at radius 2 is 2.00 bits per heavy atom. The molecule has 1 aliphatic rings. The van der Waals surface area contributed by atoms with Crippen molar-refractivity contribution in [1.29, 1.82) is 0 Å². The maximum Gasteiger partial charge on any atom is 0.241 e. The van der Waals surface area contributed by atoms with Crippen LogP contribution in [0.5, 0.6) is 0 Å². The largest absolute Gasteiger partial charge is 0.373 e. The highest BCUT2D eigenvalue weighted by Crippen LogP contribution is 2.36. The molecule has 3 rings (SSSR count). The standard InChI is InChI=1S/C15H19N3O3S/c1-12-7-9-17(2)14-5-3-4-6-15(14)18(12)22(19,20)11-13-8-10-21-16-13/h3-6,8,10,12H,7,9,11H2,1-2H3/t12-/m1/s1. The summed E-state index contributed by atoms with van der Waals surface area (Å²) in [6.45, 7) is 2.75. The summed E-state index contributed by atoms with van der Waals surface area (Å²) in [4.78, 5) is 2.09. The minimum atomic E-state index is -3.53. The van der Waals surface area contributed by atoms with Crippen LogP contribution in [0.25, 0.3) is 0 Å². The van der Waals surface area contributed by atoms with E-state index in [1.54, 1.807) is 6.07 Å². The zero-order chi connectivity index (χ0) is 15.7. The summed E-state index contributed by atoms with van der Waals surface area (Å²) < 4.78 is 32.1. The Kier molecular flexibility index (Phi) is 3.82. The molecule has 0 N–H and O–H groups in total. The highest BCUT2D eigenvalue weighted by Gasteiger charge is 2.33. The molecule has 1 aliphatic heterocycles. The van der Waals surface area contributed by atoms with Crippen molar-refractivity contribution >= 4 is 21.4 Å². The van der Waals surface area contributed by atoms with Crippen LogP contribution in [-0.2, 0) is 15.8 Å². The zero-order valence-corrected chi connectivity index (χ0v) is 13.5. The van der Waals surface area contributed by atoms with Gasteiger partial charge in [0.15, 0.2) is 0 Å². The van der Waals surface area contributed by atoms with Crippen LogP contribution in [0.15, 0.2) is 41.1 Å². The number of anilines is 2. The highest BCUT2D eigenvalue weighted by molar-refractivity contribution is 7.92. The predicted octanol–water partition coefficient (Wildman–Crippen LogP) is 2.24. The number of hydrogen-bond donors (Lipinski definition) is 0. The van der Waals surface area contributed by atoms with Crippen molar-refractivity contribution in [2.24, 2.45) is 0 Å². The lowest BCUT2D eigenvalue weighted by Crippen LogP contribution is -2.39. The average Bonchev–Trinajstić information content (AvgIpc) is 2.92. The Balaban J connectivity index is 2.05. The van der Waals surface area contributed by atoms with E-state index in [1.165, 1.54) is 10.6 Å². The van der Waals surface area contributed by atoms with Crippen LogP contribution in [0, 0.1) is 0 Å². The van der Waals surface area contributed by atoms with Crippen molar-refractivity contribution in [1.82, 2.24) is 5.16 Å². The molecule has 0 radical (unpaired) electrons. The van der Waals surface area contributed by atoms with Crippen molar-refractivity contribution in [3.63, 3.8) is 0 Å². The molecule has 0 amide bonds. The average molecular weight is 321 g/mol. The lowest BCUT2D eigenvalue weighted by Gasteiger charge is -2.29. The van der Waals surface area contributed by atoms with E-state index in [0.717, 1.165) is 24.3 Å². The van der Waals surface area contributed by atoms with E-state index >= 15 is 0 Å². The number of fused-ring (bicyclic) bond motifs is 1. The molecule has 7 heteroatoms. The van der Waals surface area contributed by atoms with Gasteiger partial charge in [-0.3, -0.25) is 4.31 Å². The van der Waals surface area contributed by atoms with Gasteiger partial charge in [-0.15, -0.1) is 0 Å². The molecule has 0 fully saturated rings. The van der Waals surface area contributed by atoms with Gasteiger partial charge in [0.2, 0.25) is 10.0 Å². The Bertz CT molecular complexity index is 743. The zero-order valence-electron chi connectivity index (χ0n) is 12.6. The Morgan fingerprint density at radius 1 is 1.27 bits per heavy atom. The van der Waals surface area contributed by atoms with E-state index < -0.39 is 10.0 Å². The fourth-order valence-corrected chi connectivity index (χ4v) is 4.59. The molecule has 118 valence electrons. The topological polar surface area (TPSA) is 66.7 Å². The fourth-order valence-electron chi connectivity index (χ4n) is 2.82. The third-order valence-electron chi connectivity index (χ3n) is 3.93. The van der Waals surface area contributed by atoms with E-state index in [1.807, 2.05) is 38.2 Å². The smallest absolute Gasteiger partial charge is 0.241 e. The van der Waals surface area contributed by atoms with E-state index in [4.69, 9.17) is 4.52 Å². The molecule has 0 saturated carbocycles. The number of aromatic nitrogens is 1. The summed E-state index contributed by atoms with van der Waals surface area (Å²) >= 11 is 0. The summed E-state index contributed by atoms with van der Waals surface area (Å²) in [7, 11) is -1.55. The number of sulfonamides is 1. The van der Waals surface area contributed by atoms with Gasteiger partial charge in [0.05, 0.1) is 11.4 Å². The number of rotatable bonds is 3. The molecule has 1 aromatic carbocycles. The first kappa shape index (κ1) is 14.9. The van der Waals surface area contributed by atoms with E-state index in [0.29, 0.717) is 5.69 Å². The second kappa shape index (κ2) is 5.64. The molecule has 6 nitrogen and oxygen atoms in total. The van der Waals surface area contributed by atoms with Crippen LogP contribution in [0.4, 0.5) is 11.4 Å². The predicted molar refractivity (Wildman–Crippen MR) is 85.4 cm³/mol. The second-order valence-electron chi connectivity index (χ2n) is 5.59. The minimum Gasteiger partial charge on any atom is -0.373 e. The fraction of sp³-hybridized carbons (Fsp3) is 0.400. The molecule has 0 spiro atoms. The number of nitrogens with zero attached hydrogens (tertiary/aromatic N) is 3. The Morgan fingerprint density at radius 3 is 2.68 bits per heavy atom. The third-order valence-corrected chi connectivity index (χ3v) is 5.75. The van der Waals surface area contributed by atoms with Crippen LogP contribution >= 0.6 is 0 Å². The molecular formula is C15H19N3O3S. The molecule has 2 heterocycles. The van der Waals surface area contributed by atoms with E-state index in [-0.39, 0.29) is 11.8 Å². The highest BCUT2D eigenvalue weighted by atomic mass is 32.2. The van der Waals surface area contributed by atoms with Crippen molar-refractivity contribution in [2.45, 2.75) is 25.1 Å². The first-order chi connectivity index (χ1) is 10.5. The molecule has 0 saturated heterocycles. The van der Waals surface area contributed by atoms with Gasteiger partial charge < -0.3 is 9.42 Å². The summed E-state index contributed by atoms with van der Waals surface area (Å²) in [5, 5.41) is 3.72. The van der Waals surface area contributed by atoms with Crippen LogP contribution in [-0.4, -0.2) is 33.2 Å². The summed E-state index contributed by atoms with van der Waals surface area (Å²) in [6.07, 6.45) is 2.15. The van der Waals surface area contributed by atoms with Gasteiger partial charge in [-0.1, -0.05) is 17.3 Å². The minimum absolute atomic E-state index is 0.108. The van der Waals surface area contributed by atoms with Crippen molar-refractivity contribution in [2.75, 3.05) is 22.8 Å². The third kappa shape index (κ3) is 2.68. The van der Waals surface area contributed by atoms with Crippen LogP contribution in [0.2, 0.25) is 0 Å². The van der Waals surface area contributed by atoms with Gasteiger partial charge in [0.25, 0.3) is 0 Å². The maximum absolute atomic E-state index is 12.9. The second-order valence-corrected chi connectivity index (χ2v) is 7.44. The molecule has 0 aliphatic carbocycles. The van der Waals surface area contributed by atoms with Gasteiger partial charge in [0, 0.05) is 25.7 Å². The van der Waals surface area contributed by atoms with Gasteiger partial charge in [-0.2, -0.15) is 0 Å². The maximum atomic E-state index is 12.9. The molecule has 2 aromatic rings. The molecule has 0 bridgehead atoms. The van der Waals surface area contributed by atoms with Gasteiger partial charge >= 0.3 is 0 Å². The van der Waals surface area contributed by atoms with Crippen molar-refractivity contribution in [3.05, 3.63) is 42.3 Å². The van der Waals surface area contributed by atoms with Crippen molar-refractivity contribution < 1.29 is 12.9 Å². The molecule has 1 atom stereocenters. The molecule has 1 aromatic heterocycles. The Labute approximate surface area is 130 Å². The number of hydrogen-bond acceptors (Lipinski definition) is 5. The number of benzene rings is 1. The number of para-hydroxylation sites is 2. The SMILES string of the molecule is C[C@@H]1CCN(C)c2ccccc2N1S(=O)(=O)Cc1ccon1. The van der Waals surface area contributed by atoms with Crippen molar-refractivity contribution in [3.8, 4) is 0 Å². The molecular weight excluding hydrogens is 302 g/mol. The van der Waals surface area contributed by atoms with E-state index in [2.05, 4.69) is 10.1 Å². The van der Waals surface area contributed by atoms with Crippen LogP contribution in [0.3, 0.4) is 0 Å². The summed E-state index contributed by atoms with van der Waals surface area (Å²) in [6, 6.07) is 9.07. The normalized spacial score (nSPS) is 18.9. The lowest BCUT2D eigenvalue weighted by atomic mass is 10.2. The first-order valence-corrected chi connectivity index (χ1v) is 8.81. The van der Waals surface area contributed by atoms with Gasteiger partial charge in [0.1, 0.15) is 17.7 Å². The van der Waals surface area contributed by atoms with Gasteiger partial charge in [-0.05, 0) is 25.5 Å². The quantitative estimate of drug-likeness (QED) is 0.867. The van der Waals surface area contributed by atoms with Crippen LogP contribution < -0.4 is 9.21 Å². The van der Waals surface area contributed by atoms with E-state index in [9.17, 15) is 8.42 Å². The first-order valence-electron chi connectivity index (χ1n) is 7.20. The summed E-state index contributed by atoms with van der Waals surface area (Å²) in [5.41, 5.74) is 2.07. The lowest BCUT2D eigenvalue weighted by molar-refractivity contribution is 0.413. The Hall–Kier alpha value is -2.02. The molecule has 22 heavy (non-hydrogen) atoms. The van der Waals surface area contributed by atoms with Gasteiger partial charge in [-0.25, -0.2) is 8.42 Å².